The Bertz CT molecular complexity index is 1450. The maximum absolute atomic E-state index is 15.4. The summed E-state index contributed by atoms with van der Waals surface area (Å²) < 4.78 is 23.7. The van der Waals surface area contributed by atoms with Crippen molar-refractivity contribution in [3.8, 4) is 17.2 Å². The Hall–Kier alpha value is -3.13. The van der Waals surface area contributed by atoms with Gasteiger partial charge in [-0.15, -0.1) is 12.4 Å². The SMILES string of the molecule is Cl.NCc1cn2c3c(c(N4CCC(N)C4)c(F)cc3c1=O)Oc1cc3ccccc3cc1-2. The Morgan fingerprint density at radius 3 is 2.59 bits per heavy atom. The molecule has 32 heavy (non-hydrogen) atoms. The number of pyridine rings is 1. The van der Waals surface area contributed by atoms with Gasteiger partial charge in [-0.1, -0.05) is 24.3 Å². The van der Waals surface area contributed by atoms with Crippen LogP contribution in [0, 0.1) is 5.82 Å². The second-order valence-electron chi connectivity index (χ2n) is 8.25. The largest absolute Gasteiger partial charge is 0.451 e. The van der Waals surface area contributed by atoms with Gasteiger partial charge in [0.2, 0.25) is 0 Å². The minimum absolute atomic E-state index is 0. The Kier molecular flexibility index (Phi) is 4.85. The summed E-state index contributed by atoms with van der Waals surface area (Å²) in [5.74, 6) is 0.473. The molecule has 0 bridgehead atoms. The monoisotopic (exact) mass is 452 g/mol. The molecule has 1 atom stereocenters. The van der Waals surface area contributed by atoms with E-state index >= 15 is 4.39 Å². The molecule has 6 rings (SSSR count). The minimum atomic E-state index is -0.487. The van der Waals surface area contributed by atoms with Crippen molar-refractivity contribution in [2.24, 2.45) is 11.5 Å². The van der Waals surface area contributed by atoms with Crippen molar-refractivity contribution in [3.63, 3.8) is 0 Å². The van der Waals surface area contributed by atoms with Crippen molar-refractivity contribution >= 4 is 39.8 Å². The molecule has 1 saturated heterocycles. The Morgan fingerprint density at radius 2 is 1.91 bits per heavy atom. The number of hydrogen-bond donors (Lipinski definition) is 2. The van der Waals surface area contributed by atoms with Crippen LogP contribution in [0.1, 0.15) is 12.0 Å². The Balaban J connectivity index is 0.00000216. The fourth-order valence-corrected chi connectivity index (χ4v) is 4.78. The highest BCUT2D eigenvalue weighted by Crippen LogP contribution is 2.47. The lowest BCUT2D eigenvalue weighted by Gasteiger charge is -2.29. The van der Waals surface area contributed by atoms with Gasteiger partial charge >= 0.3 is 0 Å². The molecule has 164 valence electrons. The lowest BCUT2D eigenvalue weighted by molar-refractivity contribution is 0.469. The molecule has 1 unspecified atom stereocenters. The standard InChI is InChI=1S/C24H21FN4O2.ClH/c25-18-9-17-21-24(22(18)28-6-5-16(27)12-28)31-20-8-14-4-2-1-3-13(14)7-19(20)29(21)11-15(10-26)23(17)30;/h1-4,7-9,11,16H,5-6,10,12,26-27H2;1H. The predicted octanol–water partition coefficient (Wildman–Crippen LogP) is 3.81. The van der Waals surface area contributed by atoms with Gasteiger partial charge in [0, 0.05) is 37.4 Å². The lowest BCUT2D eigenvalue weighted by Crippen LogP contribution is -2.28. The van der Waals surface area contributed by atoms with E-state index in [4.69, 9.17) is 16.2 Å². The fraction of sp³-hybridized carbons (Fsp3) is 0.208. The first kappa shape index (κ1) is 20.8. The van der Waals surface area contributed by atoms with Gasteiger partial charge in [-0.05, 0) is 35.4 Å². The smallest absolute Gasteiger partial charge is 0.194 e. The number of fused-ring (bicyclic) bond motifs is 3. The van der Waals surface area contributed by atoms with Crippen LogP contribution >= 0.6 is 12.4 Å². The number of halogens is 2. The molecule has 3 aromatic carbocycles. The van der Waals surface area contributed by atoms with E-state index in [9.17, 15) is 4.79 Å². The van der Waals surface area contributed by atoms with Crippen molar-refractivity contribution in [3.05, 3.63) is 70.3 Å². The van der Waals surface area contributed by atoms with E-state index < -0.39 is 5.82 Å². The zero-order chi connectivity index (χ0) is 21.3. The second kappa shape index (κ2) is 7.48. The molecule has 2 aliphatic rings. The molecule has 0 aliphatic carbocycles. The average molecular weight is 453 g/mol. The van der Waals surface area contributed by atoms with Crippen LogP contribution in [-0.4, -0.2) is 23.7 Å². The maximum atomic E-state index is 15.4. The van der Waals surface area contributed by atoms with Crippen molar-refractivity contribution in [1.29, 1.82) is 0 Å². The summed E-state index contributed by atoms with van der Waals surface area (Å²) in [4.78, 5) is 14.9. The van der Waals surface area contributed by atoms with Gasteiger partial charge in [-0.25, -0.2) is 4.39 Å². The molecular weight excluding hydrogens is 431 g/mol. The summed E-state index contributed by atoms with van der Waals surface area (Å²) in [6.45, 7) is 1.24. The van der Waals surface area contributed by atoms with Gasteiger partial charge in [-0.2, -0.15) is 0 Å². The highest BCUT2D eigenvalue weighted by Gasteiger charge is 2.32. The third kappa shape index (κ3) is 2.89. The van der Waals surface area contributed by atoms with Gasteiger partial charge in [-0.3, -0.25) is 4.79 Å². The summed E-state index contributed by atoms with van der Waals surface area (Å²) in [5, 5.41) is 2.32. The van der Waals surface area contributed by atoms with Gasteiger partial charge in [0.05, 0.1) is 11.1 Å². The third-order valence-corrected chi connectivity index (χ3v) is 6.30. The van der Waals surface area contributed by atoms with Gasteiger partial charge in [0.25, 0.3) is 0 Å². The highest BCUT2D eigenvalue weighted by molar-refractivity contribution is 5.97. The molecule has 4 aromatic rings. The van der Waals surface area contributed by atoms with Gasteiger partial charge in [0.1, 0.15) is 11.2 Å². The number of hydrogen-bond acceptors (Lipinski definition) is 5. The first-order valence-electron chi connectivity index (χ1n) is 10.4. The summed E-state index contributed by atoms with van der Waals surface area (Å²) in [6, 6.07) is 13.2. The predicted molar refractivity (Wildman–Crippen MR) is 127 cm³/mol. The molecule has 6 nitrogen and oxygen atoms in total. The topological polar surface area (TPSA) is 86.5 Å². The van der Waals surface area contributed by atoms with Crippen LogP contribution in [0.3, 0.4) is 0 Å². The molecule has 4 N–H and O–H groups in total. The number of benzene rings is 3. The van der Waals surface area contributed by atoms with Crippen LogP contribution in [0.2, 0.25) is 0 Å². The van der Waals surface area contributed by atoms with Crippen LogP contribution in [0.25, 0.3) is 27.4 Å². The number of rotatable bonds is 2. The van der Waals surface area contributed by atoms with Gasteiger partial charge < -0.3 is 25.7 Å². The Morgan fingerprint density at radius 1 is 1.16 bits per heavy atom. The molecule has 1 aromatic heterocycles. The number of aromatic nitrogens is 1. The van der Waals surface area contributed by atoms with Crippen LogP contribution in [-0.2, 0) is 6.54 Å². The molecule has 0 amide bonds. The third-order valence-electron chi connectivity index (χ3n) is 6.30. The van der Waals surface area contributed by atoms with E-state index in [-0.39, 0.29) is 35.8 Å². The molecule has 0 radical (unpaired) electrons. The van der Waals surface area contributed by atoms with Gasteiger partial charge in [0.15, 0.2) is 22.7 Å². The van der Waals surface area contributed by atoms with E-state index in [1.54, 1.807) is 6.20 Å². The molecular formula is C24H22ClFN4O2. The number of ether oxygens (including phenoxy) is 1. The summed E-state index contributed by atoms with van der Waals surface area (Å²) >= 11 is 0. The fourth-order valence-electron chi connectivity index (χ4n) is 4.78. The van der Waals surface area contributed by atoms with E-state index in [0.29, 0.717) is 41.4 Å². The zero-order valence-electron chi connectivity index (χ0n) is 17.2. The Labute approximate surface area is 189 Å². The van der Waals surface area contributed by atoms with Crippen molar-refractivity contribution in [1.82, 2.24) is 4.57 Å². The van der Waals surface area contributed by atoms with Crippen LogP contribution in [0.15, 0.2) is 53.5 Å². The maximum Gasteiger partial charge on any atom is 0.194 e. The summed E-state index contributed by atoms with van der Waals surface area (Å²) in [7, 11) is 0. The van der Waals surface area contributed by atoms with E-state index in [1.165, 1.54) is 6.07 Å². The molecule has 1 fully saturated rings. The number of anilines is 1. The number of nitrogens with zero attached hydrogens (tertiary/aromatic N) is 2. The van der Waals surface area contributed by atoms with E-state index in [1.807, 2.05) is 45.9 Å². The highest BCUT2D eigenvalue weighted by atomic mass is 35.5. The average Bonchev–Trinajstić information content (AvgIpc) is 3.19. The van der Waals surface area contributed by atoms with E-state index in [0.717, 1.165) is 22.9 Å². The van der Waals surface area contributed by atoms with Crippen LogP contribution in [0.5, 0.6) is 11.5 Å². The molecule has 3 heterocycles. The van der Waals surface area contributed by atoms with Crippen molar-refractivity contribution < 1.29 is 9.13 Å². The molecule has 2 aliphatic heterocycles. The quantitative estimate of drug-likeness (QED) is 0.425. The first-order chi connectivity index (χ1) is 15.0. The lowest BCUT2D eigenvalue weighted by atomic mass is 10.0. The number of nitrogens with two attached hydrogens (primary N) is 2. The molecule has 0 saturated carbocycles. The summed E-state index contributed by atoms with van der Waals surface area (Å²) in [5.41, 5.74) is 13.8. The normalized spacial score (nSPS) is 16.7. The second-order valence-corrected chi connectivity index (χ2v) is 8.25. The van der Waals surface area contributed by atoms with Crippen molar-refractivity contribution in [2.45, 2.75) is 19.0 Å². The first-order valence-corrected chi connectivity index (χ1v) is 10.4. The summed E-state index contributed by atoms with van der Waals surface area (Å²) in [6.07, 6.45) is 2.53. The van der Waals surface area contributed by atoms with Crippen LogP contribution in [0.4, 0.5) is 10.1 Å². The molecule has 8 heteroatoms. The minimum Gasteiger partial charge on any atom is -0.451 e. The van der Waals surface area contributed by atoms with Crippen molar-refractivity contribution in [2.75, 3.05) is 18.0 Å². The molecule has 0 spiro atoms. The zero-order valence-corrected chi connectivity index (χ0v) is 18.0. The van der Waals surface area contributed by atoms with E-state index in [2.05, 4.69) is 0 Å². The van der Waals surface area contributed by atoms with Crippen LogP contribution < -0.4 is 26.5 Å².